The van der Waals surface area contributed by atoms with Gasteiger partial charge in [0.15, 0.2) is 0 Å². The first-order valence-electron chi connectivity index (χ1n) is 11.3. The molecule has 2 N–H and O–H groups in total. The van der Waals surface area contributed by atoms with Gasteiger partial charge in [-0.3, -0.25) is 4.79 Å². The highest BCUT2D eigenvalue weighted by Gasteiger charge is 2.26. The van der Waals surface area contributed by atoms with Gasteiger partial charge in [0.25, 0.3) is 0 Å². The molecule has 35 heavy (non-hydrogen) atoms. The zero-order valence-corrected chi connectivity index (χ0v) is 20.8. The summed E-state index contributed by atoms with van der Waals surface area (Å²) in [5.41, 5.74) is 2.38. The number of nitrogens with one attached hydrogen (secondary N) is 2. The molecule has 0 aliphatic rings. The van der Waals surface area contributed by atoms with Crippen molar-refractivity contribution in [2.45, 2.75) is 38.1 Å². The van der Waals surface area contributed by atoms with Gasteiger partial charge in [-0.1, -0.05) is 67.9 Å². The number of carbonyl (C=O) groups is 2. The average molecular weight is 495 g/mol. The minimum atomic E-state index is -3.96. The van der Waals surface area contributed by atoms with Crippen LogP contribution >= 0.6 is 0 Å². The lowest BCUT2D eigenvalue weighted by Gasteiger charge is -2.19. The van der Waals surface area contributed by atoms with E-state index in [4.69, 9.17) is 4.74 Å². The molecule has 0 aliphatic heterocycles. The summed E-state index contributed by atoms with van der Waals surface area (Å²) in [6, 6.07) is 20.8. The fourth-order valence-electron chi connectivity index (χ4n) is 3.29. The van der Waals surface area contributed by atoms with E-state index in [0.29, 0.717) is 11.3 Å². The van der Waals surface area contributed by atoms with Gasteiger partial charge in [0, 0.05) is 5.69 Å². The van der Waals surface area contributed by atoms with E-state index in [2.05, 4.69) is 10.0 Å². The molecule has 0 bridgehead atoms. The molecule has 0 spiro atoms. The van der Waals surface area contributed by atoms with Crippen molar-refractivity contribution >= 4 is 27.6 Å². The maximum atomic E-state index is 13.2. The molecule has 8 heteroatoms. The molecule has 1 atom stereocenters. The molecular weight excluding hydrogens is 464 g/mol. The highest BCUT2D eigenvalue weighted by molar-refractivity contribution is 7.89. The Morgan fingerprint density at radius 1 is 0.914 bits per heavy atom. The molecule has 7 nitrogen and oxygen atoms in total. The molecule has 0 saturated carbocycles. The quantitative estimate of drug-likeness (QED) is 0.409. The van der Waals surface area contributed by atoms with Gasteiger partial charge in [-0.2, -0.15) is 4.72 Å². The molecule has 0 aromatic heterocycles. The number of hydrogen-bond donors (Lipinski definition) is 2. The van der Waals surface area contributed by atoms with Gasteiger partial charge >= 0.3 is 5.97 Å². The number of carbonyl (C=O) groups excluding carboxylic acids is 2. The molecule has 184 valence electrons. The highest BCUT2D eigenvalue weighted by atomic mass is 32.2. The second-order valence-electron chi connectivity index (χ2n) is 8.74. The van der Waals surface area contributed by atoms with Crippen LogP contribution in [0.1, 0.15) is 35.3 Å². The molecule has 0 fully saturated rings. The molecule has 1 unspecified atom stereocenters. The van der Waals surface area contributed by atoms with Crippen LogP contribution in [0.2, 0.25) is 0 Å². The average Bonchev–Trinajstić information content (AvgIpc) is 2.83. The van der Waals surface area contributed by atoms with Crippen molar-refractivity contribution in [3.8, 4) is 0 Å². The third-order valence-corrected chi connectivity index (χ3v) is 6.63. The van der Waals surface area contributed by atoms with Crippen LogP contribution in [0.25, 0.3) is 0 Å². The first-order chi connectivity index (χ1) is 16.6. The lowest BCUT2D eigenvalue weighted by molar-refractivity contribution is -0.117. The van der Waals surface area contributed by atoms with Gasteiger partial charge in [0.1, 0.15) is 6.04 Å². The largest absolute Gasteiger partial charge is 0.462 e. The Labute approximate surface area is 206 Å². The minimum absolute atomic E-state index is 0.0730. The standard InChI is InChI=1S/C27H30N2O5S/c1-19(2)18-34-27(31)22-10-7-11-23(17-22)28-26(30)25(16-21-8-5-4-6-9-21)29-35(32,33)24-14-12-20(3)13-15-24/h4-15,17,19,25,29H,16,18H2,1-3H3,(H,28,30). The SMILES string of the molecule is Cc1ccc(S(=O)(=O)NC(Cc2ccccc2)C(=O)Nc2cccc(C(=O)OCC(C)C)c2)cc1. The number of sulfonamides is 1. The Hall–Kier alpha value is -3.49. The van der Waals surface area contributed by atoms with Gasteiger partial charge in [-0.25, -0.2) is 13.2 Å². The number of rotatable bonds is 10. The first-order valence-corrected chi connectivity index (χ1v) is 12.8. The Kier molecular flexibility index (Phi) is 8.78. The van der Waals surface area contributed by atoms with Crippen molar-refractivity contribution < 1.29 is 22.7 Å². The minimum Gasteiger partial charge on any atom is -0.462 e. The summed E-state index contributed by atoms with van der Waals surface area (Å²) >= 11 is 0. The molecule has 3 rings (SSSR count). The molecule has 1 amide bonds. The zero-order chi connectivity index (χ0) is 25.4. The van der Waals surface area contributed by atoms with Crippen LogP contribution < -0.4 is 10.0 Å². The fourth-order valence-corrected chi connectivity index (χ4v) is 4.48. The number of anilines is 1. The summed E-state index contributed by atoms with van der Waals surface area (Å²) < 4.78 is 33.8. The molecule has 0 saturated heterocycles. The van der Waals surface area contributed by atoms with Crippen LogP contribution in [0.15, 0.2) is 83.8 Å². The Balaban J connectivity index is 1.81. The van der Waals surface area contributed by atoms with Gasteiger partial charge in [-0.15, -0.1) is 0 Å². The van der Waals surface area contributed by atoms with Gasteiger partial charge in [-0.05, 0) is 55.2 Å². The molecule has 3 aromatic rings. The molecule has 3 aromatic carbocycles. The summed E-state index contributed by atoms with van der Waals surface area (Å²) in [5.74, 6) is -0.838. The summed E-state index contributed by atoms with van der Waals surface area (Å²) in [4.78, 5) is 25.6. The maximum Gasteiger partial charge on any atom is 0.338 e. The second-order valence-corrected chi connectivity index (χ2v) is 10.5. The molecule has 0 heterocycles. The van der Waals surface area contributed by atoms with Crippen LogP contribution in [-0.2, 0) is 26.0 Å². The second kappa shape index (κ2) is 11.8. The zero-order valence-electron chi connectivity index (χ0n) is 20.0. The predicted molar refractivity (Wildman–Crippen MR) is 136 cm³/mol. The van der Waals surface area contributed by atoms with Gasteiger partial charge < -0.3 is 10.1 Å². The number of benzene rings is 3. The first kappa shape index (κ1) is 26.1. The van der Waals surface area contributed by atoms with E-state index in [-0.39, 0.29) is 23.8 Å². The number of aryl methyl sites for hydroxylation is 1. The van der Waals surface area contributed by atoms with E-state index < -0.39 is 27.9 Å². The summed E-state index contributed by atoms with van der Waals surface area (Å²) in [6.07, 6.45) is 0.147. The smallest absolute Gasteiger partial charge is 0.338 e. The normalized spacial score (nSPS) is 12.2. The van der Waals surface area contributed by atoms with Crippen molar-refractivity contribution in [3.05, 3.63) is 95.6 Å². The van der Waals surface area contributed by atoms with Crippen molar-refractivity contribution in [1.82, 2.24) is 4.72 Å². The summed E-state index contributed by atoms with van der Waals surface area (Å²) in [7, 11) is -3.96. The van der Waals surface area contributed by atoms with Crippen LogP contribution in [0, 0.1) is 12.8 Å². The maximum absolute atomic E-state index is 13.2. The predicted octanol–water partition coefficient (Wildman–Crippen LogP) is 4.34. The van der Waals surface area contributed by atoms with Gasteiger partial charge in [0.2, 0.25) is 15.9 Å². The lowest BCUT2D eigenvalue weighted by Crippen LogP contribution is -2.45. The third kappa shape index (κ3) is 7.77. The van der Waals surface area contributed by atoms with E-state index >= 15 is 0 Å². The monoisotopic (exact) mass is 494 g/mol. The van der Waals surface area contributed by atoms with E-state index in [1.807, 2.05) is 51.1 Å². The van der Waals surface area contributed by atoms with E-state index in [1.54, 1.807) is 30.3 Å². The number of amides is 1. The fraction of sp³-hybridized carbons (Fsp3) is 0.259. The van der Waals surface area contributed by atoms with E-state index in [9.17, 15) is 18.0 Å². The van der Waals surface area contributed by atoms with Crippen molar-refractivity contribution in [1.29, 1.82) is 0 Å². The Morgan fingerprint density at radius 3 is 2.26 bits per heavy atom. The van der Waals surface area contributed by atoms with E-state index in [1.165, 1.54) is 18.2 Å². The molecule has 0 radical (unpaired) electrons. The van der Waals surface area contributed by atoms with Crippen molar-refractivity contribution in [2.24, 2.45) is 5.92 Å². The van der Waals surface area contributed by atoms with Gasteiger partial charge in [0.05, 0.1) is 17.1 Å². The summed E-state index contributed by atoms with van der Waals surface area (Å²) in [6.45, 7) is 6.03. The van der Waals surface area contributed by atoms with E-state index in [0.717, 1.165) is 11.1 Å². The number of ether oxygens (including phenoxy) is 1. The van der Waals surface area contributed by atoms with Crippen LogP contribution in [0.3, 0.4) is 0 Å². The third-order valence-electron chi connectivity index (χ3n) is 5.14. The highest BCUT2D eigenvalue weighted by Crippen LogP contribution is 2.16. The Bertz CT molecular complexity index is 1260. The number of esters is 1. The molecule has 0 aliphatic carbocycles. The topological polar surface area (TPSA) is 102 Å². The lowest BCUT2D eigenvalue weighted by atomic mass is 10.1. The summed E-state index contributed by atoms with van der Waals surface area (Å²) in [5, 5.41) is 2.73. The van der Waals surface area contributed by atoms with Crippen LogP contribution in [-0.4, -0.2) is 32.9 Å². The van der Waals surface area contributed by atoms with Crippen LogP contribution in [0.5, 0.6) is 0 Å². The number of hydrogen-bond acceptors (Lipinski definition) is 5. The van der Waals surface area contributed by atoms with Crippen molar-refractivity contribution in [3.63, 3.8) is 0 Å². The van der Waals surface area contributed by atoms with Crippen LogP contribution in [0.4, 0.5) is 5.69 Å². The molecular formula is C27H30N2O5S. The Morgan fingerprint density at radius 2 is 1.60 bits per heavy atom. The van der Waals surface area contributed by atoms with Crippen molar-refractivity contribution in [2.75, 3.05) is 11.9 Å².